The Labute approximate surface area is 277 Å². The van der Waals surface area contributed by atoms with Gasteiger partial charge in [-0.15, -0.1) is 0 Å². The SMILES string of the molecule is CSc1nc(C)c(C)c(=O)[nH]1.Cc1c(C)c(C#N)c(C)c(C)c1N.Cc1nc(Nc2c(C)c(C)c(C#N)c(C)c2C)nc(C)c1C. The van der Waals surface area contributed by atoms with Gasteiger partial charge >= 0.3 is 0 Å². The van der Waals surface area contributed by atoms with E-state index < -0.39 is 0 Å². The number of benzene rings is 2. The fourth-order valence-electron chi connectivity index (χ4n) is 4.83. The molecular weight excluding hydrogens is 593 g/mol. The number of nitrogens with two attached hydrogens (primary N) is 1. The highest BCUT2D eigenvalue weighted by atomic mass is 32.2. The Hall–Kier alpha value is -4.67. The number of nitrogens with one attached hydrogen (secondary N) is 2. The molecule has 0 fully saturated rings. The van der Waals surface area contributed by atoms with E-state index in [-0.39, 0.29) is 5.56 Å². The number of H-pyrrole nitrogens is 1. The van der Waals surface area contributed by atoms with Gasteiger partial charge in [0.05, 0.1) is 23.3 Å². The summed E-state index contributed by atoms with van der Waals surface area (Å²) in [6.45, 7) is 25.4. The van der Waals surface area contributed by atoms with Crippen LogP contribution in [-0.4, -0.2) is 26.2 Å². The summed E-state index contributed by atoms with van der Waals surface area (Å²) in [5.41, 5.74) is 22.0. The number of nitriles is 2. The molecule has 0 spiro atoms. The first-order valence-electron chi connectivity index (χ1n) is 14.9. The van der Waals surface area contributed by atoms with Crippen LogP contribution in [-0.2, 0) is 0 Å². The first kappa shape index (κ1) is 37.5. The van der Waals surface area contributed by atoms with Gasteiger partial charge in [0.25, 0.3) is 5.56 Å². The van der Waals surface area contributed by atoms with E-state index in [9.17, 15) is 10.1 Å². The van der Waals surface area contributed by atoms with Crippen LogP contribution in [0.15, 0.2) is 9.95 Å². The summed E-state index contributed by atoms with van der Waals surface area (Å²) < 4.78 is 0. The van der Waals surface area contributed by atoms with Crippen LogP contribution in [0, 0.1) is 113 Å². The van der Waals surface area contributed by atoms with Gasteiger partial charge in [-0.3, -0.25) is 4.79 Å². The molecule has 0 amide bonds. The molecule has 4 N–H and O–H groups in total. The first-order valence-corrected chi connectivity index (χ1v) is 16.1. The average Bonchev–Trinajstić information content (AvgIpc) is 3.02. The number of rotatable bonds is 3. The number of aromatic nitrogens is 4. The summed E-state index contributed by atoms with van der Waals surface area (Å²) in [4.78, 5) is 27.0. The van der Waals surface area contributed by atoms with E-state index in [0.717, 1.165) is 89.7 Å². The minimum atomic E-state index is -0.0400. The van der Waals surface area contributed by atoms with Crippen LogP contribution in [0.1, 0.15) is 83.8 Å². The molecule has 0 radical (unpaired) electrons. The van der Waals surface area contributed by atoms with Crippen molar-refractivity contribution in [3.05, 3.63) is 94.2 Å². The van der Waals surface area contributed by atoms with Crippen LogP contribution in [0.5, 0.6) is 0 Å². The molecule has 0 saturated carbocycles. The van der Waals surface area contributed by atoms with Crippen molar-refractivity contribution >= 4 is 29.1 Å². The number of anilines is 3. The number of aromatic amines is 1. The molecule has 0 aliphatic rings. The van der Waals surface area contributed by atoms with Gasteiger partial charge in [0.2, 0.25) is 5.95 Å². The molecule has 0 unspecified atom stereocenters. The summed E-state index contributed by atoms with van der Waals surface area (Å²) in [7, 11) is 0. The Kier molecular flexibility index (Phi) is 12.7. The molecule has 0 aliphatic carbocycles. The fraction of sp³-hybridized carbons (Fsp3) is 0.389. The van der Waals surface area contributed by atoms with E-state index in [2.05, 4.69) is 37.4 Å². The first-order chi connectivity index (χ1) is 21.4. The second kappa shape index (κ2) is 15.6. The standard InChI is InChI=1S/C18H22N4.C11H14N2.C7H10N2OS/c1-9-11(3)17(12(4)10(2)16(9)8-19)22-18-20-14(6)13(5)15(7)21-18;1-6-8(3)11(13)9(4)7(2)10(6)5-12;1-4-5(2)8-7(11-3)9-6(4)10/h1-7H3,(H,20,21,22);13H2,1-4H3;1-3H3,(H,8,9,10). The highest BCUT2D eigenvalue weighted by Gasteiger charge is 2.16. The molecule has 0 saturated heterocycles. The van der Waals surface area contributed by atoms with Crippen molar-refractivity contribution in [2.45, 2.75) is 95.2 Å². The highest BCUT2D eigenvalue weighted by Crippen LogP contribution is 2.32. The molecule has 2 aromatic carbocycles. The van der Waals surface area contributed by atoms with E-state index in [1.807, 2.05) is 89.3 Å². The summed E-state index contributed by atoms with van der Waals surface area (Å²) in [5.74, 6) is 0.607. The van der Waals surface area contributed by atoms with Crippen molar-refractivity contribution in [1.29, 1.82) is 10.5 Å². The van der Waals surface area contributed by atoms with Crippen molar-refractivity contribution in [2.24, 2.45) is 0 Å². The minimum Gasteiger partial charge on any atom is -0.398 e. The third-order valence-electron chi connectivity index (χ3n) is 8.97. The lowest BCUT2D eigenvalue weighted by Gasteiger charge is -2.18. The number of thioether (sulfide) groups is 1. The van der Waals surface area contributed by atoms with Gasteiger partial charge < -0.3 is 16.0 Å². The minimum absolute atomic E-state index is 0.0400. The second-order valence-electron chi connectivity index (χ2n) is 11.5. The van der Waals surface area contributed by atoms with Crippen LogP contribution in [0.3, 0.4) is 0 Å². The normalized spacial score (nSPS) is 10.2. The molecule has 0 atom stereocenters. The van der Waals surface area contributed by atoms with Gasteiger partial charge in [-0.25, -0.2) is 15.0 Å². The van der Waals surface area contributed by atoms with E-state index in [4.69, 9.17) is 11.0 Å². The molecular formula is C36H46N8OS. The lowest BCUT2D eigenvalue weighted by molar-refractivity contribution is 0.886. The number of nitrogen functional groups attached to an aromatic ring is 1. The average molecular weight is 639 g/mol. The number of aryl methyl sites for hydroxylation is 3. The van der Waals surface area contributed by atoms with Crippen molar-refractivity contribution in [3.63, 3.8) is 0 Å². The topological polar surface area (TPSA) is 157 Å². The van der Waals surface area contributed by atoms with Crippen LogP contribution >= 0.6 is 11.8 Å². The Morgan fingerprint density at radius 3 is 1.37 bits per heavy atom. The van der Waals surface area contributed by atoms with Gasteiger partial charge in [0.1, 0.15) is 0 Å². The Morgan fingerprint density at radius 2 is 1.00 bits per heavy atom. The van der Waals surface area contributed by atoms with Crippen LogP contribution in [0.25, 0.3) is 0 Å². The smallest absolute Gasteiger partial charge is 0.254 e. The largest absolute Gasteiger partial charge is 0.398 e. The Balaban J connectivity index is 0.000000261. The lowest BCUT2D eigenvalue weighted by Crippen LogP contribution is -2.13. The molecule has 242 valence electrons. The summed E-state index contributed by atoms with van der Waals surface area (Å²) >= 11 is 1.44. The van der Waals surface area contributed by atoms with Gasteiger partial charge in [-0.1, -0.05) is 11.8 Å². The van der Waals surface area contributed by atoms with Gasteiger partial charge in [-0.05, 0) is 146 Å². The monoisotopic (exact) mass is 638 g/mol. The molecule has 10 heteroatoms. The molecule has 0 bridgehead atoms. The Bertz CT molecular complexity index is 1860. The summed E-state index contributed by atoms with van der Waals surface area (Å²) in [6, 6.07) is 4.52. The summed E-state index contributed by atoms with van der Waals surface area (Å²) in [6.07, 6.45) is 1.88. The molecule has 2 heterocycles. The third-order valence-corrected chi connectivity index (χ3v) is 9.55. The third kappa shape index (κ3) is 7.94. The predicted octanol–water partition coefficient (Wildman–Crippen LogP) is 7.73. The Morgan fingerprint density at radius 1 is 0.609 bits per heavy atom. The quantitative estimate of drug-likeness (QED) is 0.116. The molecule has 2 aromatic heterocycles. The van der Waals surface area contributed by atoms with Crippen LogP contribution < -0.4 is 16.6 Å². The molecule has 46 heavy (non-hydrogen) atoms. The number of hydrogen-bond donors (Lipinski definition) is 3. The van der Waals surface area contributed by atoms with E-state index in [1.54, 1.807) is 6.92 Å². The maximum Gasteiger partial charge on any atom is 0.254 e. The fourth-order valence-corrected chi connectivity index (χ4v) is 5.26. The highest BCUT2D eigenvalue weighted by molar-refractivity contribution is 7.98. The molecule has 4 rings (SSSR count). The maximum absolute atomic E-state index is 11.1. The van der Waals surface area contributed by atoms with Gasteiger partial charge in [-0.2, -0.15) is 10.5 Å². The van der Waals surface area contributed by atoms with Crippen molar-refractivity contribution in [3.8, 4) is 12.1 Å². The summed E-state index contributed by atoms with van der Waals surface area (Å²) in [5, 5.41) is 22.3. The maximum atomic E-state index is 11.1. The van der Waals surface area contributed by atoms with E-state index >= 15 is 0 Å². The van der Waals surface area contributed by atoms with Crippen molar-refractivity contribution in [1.82, 2.24) is 19.9 Å². The van der Waals surface area contributed by atoms with E-state index in [0.29, 0.717) is 16.7 Å². The number of nitrogens with zero attached hydrogens (tertiary/aromatic N) is 5. The van der Waals surface area contributed by atoms with Crippen LogP contribution in [0.2, 0.25) is 0 Å². The molecule has 9 nitrogen and oxygen atoms in total. The van der Waals surface area contributed by atoms with Gasteiger partial charge in [0, 0.05) is 34.0 Å². The molecule has 0 aliphatic heterocycles. The van der Waals surface area contributed by atoms with Gasteiger partial charge in [0.15, 0.2) is 5.16 Å². The van der Waals surface area contributed by atoms with Crippen molar-refractivity contribution < 1.29 is 0 Å². The zero-order valence-corrected chi connectivity index (χ0v) is 30.4. The van der Waals surface area contributed by atoms with Crippen LogP contribution in [0.4, 0.5) is 17.3 Å². The van der Waals surface area contributed by atoms with Crippen molar-refractivity contribution in [2.75, 3.05) is 17.3 Å². The van der Waals surface area contributed by atoms with E-state index in [1.165, 1.54) is 11.8 Å². The number of hydrogen-bond acceptors (Lipinski definition) is 9. The molecule has 4 aromatic rings. The predicted molar refractivity (Wildman–Crippen MR) is 190 cm³/mol. The lowest BCUT2D eigenvalue weighted by atomic mass is 9.93. The second-order valence-corrected chi connectivity index (χ2v) is 12.3. The zero-order chi connectivity index (χ0) is 35.2. The zero-order valence-electron chi connectivity index (χ0n) is 29.6.